The van der Waals surface area contributed by atoms with Crippen molar-refractivity contribution < 1.29 is 19.1 Å². The minimum Gasteiger partial charge on any atom is -0.452 e. The predicted octanol–water partition coefficient (Wildman–Crippen LogP) is 2.65. The maximum atomic E-state index is 11.9. The molecule has 0 radical (unpaired) electrons. The van der Waals surface area contributed by atoms with Gasteiger partial charge in [0.2, 0.25) is 5.91 Å². The zero-order valence-corrected chi connectivity index (χ0v) is 14.4. The maximum absolute atomic E-state index is 11.9. The minimum atomic E-state index is -0.659. The van der Waals surface area contributed by atoms with Crippen molar-refractivity contribution in [3.8, 4) is 0 Å². The van der Waals surface area contributed by atoms with Crippen LogP contribution in [0.2, 0.25) is 0 Å². The van der Waals surface area contributed by atoms with E-state index in [2.05, 4.69) is 21.2 Å². The van der Waals surface area contributed by atoms with Gasteiger partial charge in [-0.2, -0.15) is 0 Å². The first kappa shape index (κ1) is 17.7. The Labute approximate surface area is 147 Å². The van der Waals surface area contributed by atoms with Crippen molar-refractivity contribution in [2.45, 2.75) is 6.92 Å². The molecule has 2 aromatic carbocycles. The van der Waals surface area contributed by atoms with E-state index in [1.807, 2.05) is 13.0 Å². The molecule has 2 aromatic rings. The fraction of sp³-hybridized carbons (Fsp3) is 0.118. The summed E-state index contributed by atoms with van der Waals surface area (Å²) in [6.07, 6.45) is 0. The molecular weight excluding hydrogens is 376 g/mol. The number of halogens is 1. The lowest BCUT2D eigenvalue weighted by Crippen LogP contribution is -2.21. The van der Waals surface area contributed by atoms with Crippen LogP contribution in [-0.4, -0.2) is 24.4 Å². The van der Waals surface area contributed by atoms with Crippen LogP contribution in [0.3, 0.4) is 0 Å². The van der Waals surface area contributed by atoms with Crippen LogP contribution in [0.15, 0.2) is 46.9 Å². The Morgan fingerprint density at radius 3 is 2.29 bits per heavy atom. The highest BCUT2D eigenvalue weighted by Crippen LogP contribution is 2.19. The molecule has 0 atom stereocenters. The van der Waals surface area contributed by atoms with Gasteiger partial charge in [-0.15, -0.1) is 0 Å². The number of primary amides is 1. The first-order valence-electron chi connectivity index (χ1n) is 7.00. The van der Waals surface area contributed by atoms with Gasteiger partial charge in [-0.05, 0) is 55.0 Å². The molecule has 2 amide bonds. The van der Waals surface area contributed by atoms with E-state index in [1.165, 1.54) is 24.3 Å². The summed E-state index contributed by atoms with van der Waals surface area (Å²) in [6, 6.07) is 11.1. The number of carbonyl (C=O) groups is 3. The van der Waals surface area contributed by atoms with Crippen molar-refractivity contribution in [1.29, 1.82) is 0 Å². The number of hydrogen-bond donors (Lipinski definition) is 2. The number of esters is 1. The van der Waals surface area contributed by atoms with Gasteiger partial charge in [0.1, 0.15) is 0 Å². The number of carbonyl (C=O) groups excluding carboxylic acids is 3. The van der Waals surface area contributed by atoms with E-state index in [-0.39, 0.29) is 11.1 Å². The smallest absolute Gasteiger partial charge is 0.338 e. The highest BCUT2D eigenvalue weighted by Gasteiger charge is 2.12. The van der Waals surface area contributed by atoms with E-state index in [4.69, 9.17) is 10.5 Å². The normalized spacial score (nSPS) is 10.1. The molecule has 0 aliphatic rings. The van der Waals surface area contributed by atoms with Crippen molar-refractivity contribution in [2.24, 2.45) is 5.73 Å². The largest absolute Gasteiger partial charge is 0.452 e. The van der Waals surface area contributed by atoms with Gasteiger partial charge in [0, 0.05) is 15.7 Å². The first-order valence-corrected chi connectivity index (χ1v) is 7.79. The lowest BCUT2D eigenvalue weighted by Gasteiger charge is -2.09. The number of rotatable bonds is 5. The molecule has 0 spiro atoms. The number of amides is 2. The molecule has 0 saturated heterocycles. The zero-order valence-electron chi connectivity index (χ0n) is 12.8. The number of benzene rings is 2. The molecule has 6 nitrogen and oxygen atoms in total. The van der Waals surface area contributed by atoms with Gasteiger partial charge in [0.05, 0.1) is 5.56 Å². The monoisotopic (exact) mass is 390 g/mol. The summed E-state index contributed by atoms with van der Waals surface area (Å²) < 4.78 is 5.86. The SMILES string of the molecule is Cc1cc(Br)ccc1NC(=O)COC(=O)c1ccc(C(N)=O)cc1. The average Bonchev–Trinajstić information content (AvgIpc) is 2.55. The van der Waals surface area contributed by atoms with Crippen LogP contribution >= 0.6 is 15.9 Å². The van der Waals surface area contributed by atoms with E-state index < -0.39 is 24.4 Å². The Balaban J connectivity index is 1.91. The maximum Gasteiger partial charge on any atom is 0.338 e. The average molecular weight is 391 g/mol. The molecule has 24 heavy (non-hydrogen) atoms. The van der Waals surface area contributed by atoms with Gasteiger partial charge in [0.15, 0.2) is 6.61 Å². The van der Waals surface area contributed by atoms with Gasteiger partial charge in [-0.1, -0.05) is 15.9 Å². The molecule has 7 heteroatoms. The van der Waals surface area contributed by atoms with E-state index in [1.54, 1.807) is 12.1 Å². The van der Waals surface area contributed by atoms with Crippen LogP contribution in [-0.2, 0) is 9.53 Å². The second kappa shape index (κ2) is 7.74. The van der Waals surface area contributed by atoms with Gasteiger partial charge in [0.25, 0.3) is 5.91 Å². The van der Waals surface area contributed by atoms with Crippen LogP contribution in [0.4, 0.5) is 5.69 Å². The molecule has 3 N–H and O–H groups in total. The zero-order chi connectivity index (χ0) is 17.7. The third-order valence-corrected chi connectivity index (χ3v) is 3.70. The van der Waals surface area contributed by atoms with E-state index in [9.17, 15) is 14.4 Å². The lowest BCUT2D eigenvalue weighted by molar-refractivity contribution is -0.119. The quantitative estimate of drug-likeness (QED) is 0.766. The number of ether oxygens (including phenoxy) is 1. The van der Waals surface area contributed by atoms with Crippen molar-refractivity contribution in [3.05, 3.63) is 63.6 Å². The van der Waals surface area contributed by atoms with Crippen LogP contribution in [0.5, 0.6) is 0 Å². The van der Waals surface area contributed by atoms with Crippen molar-refractivity contribution in [1.82, 2.24) is 0 Å². The Bertz CT molecular complexity index is 788. The Morgan fingerprint density at radius 1 is 1.08 bits per heavy atom. The highest BCUT2D eigenvalue weighted by molar-refractivity contribution is 9.10. The number of aryl methyl sites for hydroxylation is 1. The number of anilines is 1. The minimum absolute atomic E-state index is 0.229. The summed E-state index contributed by atoms with van der Waals surface area (Å²) in [5, 5.41) is 2.67. The summed E-state index contributed by atoms with van der Waals surface area (Å²) in [6.45, 7) is 1.44. The fourth-order valence-corrected chi connectivity index (χ4v) is 2.41. The number of nitrogens with one attached hydrogen (secondary N) is 1. The number of hydrogen-bond acceptors (Lipinski definition) is 4. The Kier molecular flexibility index (Phi) is 5.70. The molecule has 0 fully saturated rings. The second-order valence-corrected chi connectivity index (χ2v) is 5.94. The molecule has 0 unspecified atom stereocenters. The molecule has 2 rings (SSSR count). The van der Waals surface area contributed by atoms with Crippen LogP contribution in [0.25, 0.3) is 0 Å². The first-order chi connectivity index (χ1) is 11.4. The van der Waals surface area contributed by atoms with E-state index in [0.29, 0.717) is 5.69 Å². The fourth-order valence-electron chi connectivity index (χ4n) is 1.94. The second-order valence-electron chi connectivity index (χ2n) is 5.03. The van der Waals surface area contributed by atoms with Crippen molar-refractivity contribution >= 4 is 39.4 Å². The van der Waals surface area contributed by atoms with Crippen LogP contribution in [0, 0.1) is 6.92 Å². The van der Waals surface area contributed by atoms with Gasteiger partial charge < -0.3 is 15.8 Å². The lowest BCUT2D eigenvalue weighted by atomic mass is 10.1. The number of nitrogens with two attached hydrogens (primary N) is 1. The van der Waals surface area contributed by atoms with Gasteiger partial charge in [-0.25, -0.2) is 4.79 Å². The predicted molar refractivity (Wildman–Crippen MR) is 92.8 cm³/mol. The third kappa shape index (κ3) is 4.66. The molecule has 0 bridgehead atoms. The summed E-state index contributed by atoms with van der Waals surface area (Å²) in [7, 11) is 0. The van der Waals surface area contributed by atoms with E-state index >= 15 is 0 Å². The molecule has 124 valence electrons. The Hall–Kier alpha value is -2.67. The van der Waals surface area contributed by atoms with Crippen molar-refractivity contribution in [2.75, 3.05) is 11.9 Å². The van der Waals surface area contributed by atoms with Crippen LogP contribution < -0.4 is 11.1 Å². The molecule has 0 saturated carbocycles. The van der Waals surface area contributed by atoms with Gasteiger partial charge >= 0.3 is 5.97 Å². The molecular formula is C17H15BrN2O4. The molecule has 0 heterocycles. The van der Waals surface area contributed by atoms with Crippen molar-refractivity contribution in [3.63, 3.8) is 0 Å². The van der Waals surface area contributed by atoms with Crippen LogP contribution in [0.1, 0.15) is 26.3 Å². The summed E-state index contributed by atoms with van der Waals surface area (Å²) >= 11 is 3.34. The summed E-state index contributed by atoms with van der Waals surface area (Å²) in [5.74, 6) is -1.68. The molecule has 0 aliphatic carbocycles. The molecule has 0 aliphatic heterocycles. The molecule has 0 aromatic heterocycles. The summed E-state index contributed by atoms with van der Waals surface area (Å²) in [5.41, 5.74) is 7.16. The van der Waals surface area contributed by atoms with E-state index in [0.717, 1.165) is 10.0 Å². The topological polar surface area (TPSA) is 98.5 Å². The summed E-state index contributed by atoms with van der Waals surface area (Å²) in [4.78, 5) is 34.7. The Morgan fingerprint density at radius 2 is 1.71 bits per heavy atom. The van der Waals surface area contributed by atoms with Gasteiger partial charge in [-0.3, -0.25) is 9.59 Å². The highest BCUT2D eigenvalue weighted by atomic mass is 79.9. The standard InChI is InChI=1S/C17H15BrN2O4/c1-10-8-13(18)6-7-14(10)20-15(21)9-24-17(23)12-4-2-11(3-5-12)16(19)22/h2-8H,9H2,1H3,(H2,19,22)(H,20,21). The third-order valence-electron chi connectivity index (χ3n) is 3.20.